The fourth-order valence-electron chi connectivity index (χ4n) is 3.97. The van der Waals surface area contributed by atoms with E-state index in [2.05, 4.69) is 13.8 Å². The second-order valence-electron chi connectivity index (χ2n) is 4.91. The van der Waals surface area contributed by atoms with Crippen molar-refractivity contribution in [2.75, 3.05) is 0 Å². The molecule has 70 valence electrons. The van der Waals surface area contributed by atoms with Crippen molar-refractivity contribution in [1.29, 1.82) is 0 Å². The molecule has 2 unspecified atom stereocenters. The van der Waals surface area contributed by atoms with Gasteiger partial charge in [-0.3, -0.25) is 0 Å². The van der Waals surface area contributed by atoms with Crippen LogP contribution in [-0.2, 0) is 0 Å². The Labute approximate surface area is 76.7 Å². The van der Waals surface area contributed by atoms with Gasteiger partial charge in [-0.2, -0.15) is 0 Å². The lowest BCUT2D eigenvalue weighted by molar-refractivity contribution is 0.168. The fourth-order valence-corrected chi connectivity index (χ4v) is 3.97. The van der Waals surface area contributed by atoms with Crippen LogP contribution in [-0.4, -0.2) is 0 Å². The van der Waals surface area contributed by atoms with Crippen LogP contribution < -0.4 is 0 Å². The molecule has 2 aliphatic rings. The molecule has 0 saturated heterocycles. The molecule has 0 aromatic rings. The Morgan fingerprint density at radius 1 is 1.08 bits per heavy atom. The van der Waals surface area contributed by atoms with Crippen molar-refractivity contribution in [2.45, 2.75) is 58.8 Å². The van der Waals surface area contributed by atoms with E-state index in [-0.39, 0.29) is 0 Å². The van der Waals surface area contributed by atoms with Crippen molar-refractivity contribution in [3.05, 3.63) is 0 Å². The van der Waals surface area contributed by atoms with Crippen LogP contribution in [0.1, 0.15) is 58.8 Å². The molecule has 2 atom stereocenters. The predicted molar refractivity (Wildman–Crippen MR) is 53.1 cm³/mol. The largest absolute Gasteiger partial charge is 0.0648 e. The highest BCUT2D eigenvalue weighted by atomic mass is 14.5. The van der Waals surface area contributed by atoms with Crippen molar-refractivity contribution in [1.82, 2.24) is 0 Å². The second-order valence-corrected chi connectivity index (χ2v) is 4.91. The predicted octanol–water partition coefficient (Wildman–Crippen LogP) is 4.00. The molecule has 0 heteroatoms. The van der Waals surface area contributed by atoms with Gasteiger partial charge >= 0.3 is 0 Å². The van der Waals surface area contributed by atoms with Gasteiger partial charge in [0.05, 0.1) is 0 Å². The summed E-state index contributed by atoms with van der Waals surface area (Å²) in [6.45, 7) is 4.81. The van der Waals surface area contributed by atoms with Gasteiger partial charge in [0.1, 0.15) is 0 Å². The maximum atomic E-state index is 2.41. The SMILES string of the molecule is CCC1(CC)CCC2CCCC21. The molecule has 2 aliphatic carbocycles. The molecule has 2 fully saturated rings. The summed E-state index contributed by atoms with van der Waals surface area (Å²) in [6.07, 6.45) is 10.6. The maximum Gasteiger partial charge on any atom is -0.0272 e. The lowest BCUT2D eigenvalue weighted by Gasteiger charge is -2.33. The number of hydrogen-bond donors (Lipinski definition) is 0. The van der Waals surface area contributed by atoms with E-state index in [1.165, 1.54) is 25.7 Å². The average Bonchev–Trinajstić information content (AvgIpc) is 2.64. The summed E-state index contributed by atoms with van der Waals surface area (Å²) in [5.74, 6) is 2.25. The lowest BCUT2D eigenvalue weighted by atomic mass is 9.72. The van der Waals surface area contributed by atoms with Gasteiger partial charge < -0.3 is 0 Å². The van der Waals surface area contributed by atoms with E-state index < -0.39 is 0 Å². The number of fused-ring (bicyclic) bond motifs is 1. The molecule has 0 aliphatic heterocycles. The molecule has 12 heavy (non-hydrogen) atoms. The van der Waals surface area contributed by atoms with Gasteiger partial charge in [-0.15, -0.1) is 0 Å². The molecule has 0 aromatic heterocycles. The summed E-state index contributed by atoms with van der Waals surface area (Å²) in [4.78, 5) is 0. The number of hydrogen-bond acceptors (Lipinski definition) is 0. The summed E-state index contributed by atoms with van der Waals surface area (Å²) >= 11 is 0. The quantitative estimate of drug-likeness (QED) is 0.581. The summed E-state index contributed by atoms with van der Waals surface area (Å²) < 4.78 is 0. The van der Waals surface area contributed by atoms with Crippen LogP contribution in [0.25, 0.3) is 0 Å². The van der Waals surface area contributed by atoms with Gasteiger partial charge in [0.25, 0.3) is 0 Å². The van der Waals surface area contributed by atoms with Gasteiger partial charge in [0.15, 0.2) is 0 Å². The van der Waals surface area contributed by atoms with Crippen molar-refractivity contribution in [2.24, 2.45) is 17.3 Å². The van der Waals surface area contributed by atoms with Crippen molar-refractivity contribution < 1.29 is 0 Å². The van der Waals surface area contributed by atoms with Crippen LogP contribution >= 0.6 is 0 Å². The van der Waals surface area contributed by atoms with Crippen LogP contribution in [0.5, 0.6) is 0 Å². The molecule has 0 N–H and O–H groups in total. The molecule has 0 amide bonds. The zero-order valence-corrected chi connectivity index (χ0v) is 8.60. The average molecular weight is 166 g/mol. The third kappa shape index (κ3) is 1.03. The van der Waals surface area contributed by atoms with Crippen LogP contribution in [0.4, 0.5) is 0 Å². The summed E-state index contributed by atoms with van der Waals surface area (Å²) in [7, 11) is 0. The minimum absolute atomic E-state index is 0.779. The highest BCUT2D eigenvalue weighted by Crippen LogP contribution is 2.57. The lowest BCUT2D eigenvalue weighted by Crippen LogP contribution is -2.24. The second kappa shape index (κ2) is 3.05. The molecule has 0 spiro atoms. The first kappa shape index (κ1) is 8.59. The minimum Gasteiger partial charge on any atom is -0.0648 e. The topological polar surface area (TPSA) is 0 Å². The highest BCUT2D eigenvalue weighted by Gasteiger charge is 2.47. The maximum absolute atomic E-state index is 2.41. The smallest absolute Gasteiger partial charge is 0.0272 e. The van der Waals surface area contributed by atoms with E-state index in [1.807, 2.05) is 0 Å². The molecule has 2 rings (SSSR count). The molecular weight excluding hydrogens is 144 g/mol. The Kier molecular flexibility index (Phi) is 2.18. The van der Waals surface area contributed by atoms with Gasteiger partial charge in [0.2, 0.25) is 0 Å². The zero-order chi connectivity index (χ0) is 8.60. The van der Waals surface area contributed by atoms with Crippen molar-refractivity contribution in [3.63, 3.8) is 0 Å². The van der Waals surface area contributed by atoms with E-state index in [9.17, 15) is 0 Å². The van der Waals surface area contributed by atoms with Crippen LogP contribution in [0.15, 0.2) is 0 Å². The first-order valence-corrected chi connectivity index (χ1v) is 5.82. The summed E-state index contributed by atoms with van der Waals surface area (Å²) in [5.41, 5.74) is 0.779. The Balaban J connectivity index is 2.15. The first-order valence-electron chi connectivity index (χ1n) is 5.82. The number of rotatable bonds is 2. The summed E-state index contributed by atoms with van der Waals surface area (Å²) in [6, 6.07) is 0. The Morgan fingerprint density at radius 2 is 1.83 bits per heavy atom. The highest BCUT2D eigenvalue weighted by molar-refractivity contribution is 4.97. The van der Waals surface area contributed by atoms with E-state index in [0.29, 0.717) is 0 Å². The minimum atomic E-state index is 0.779. The van der Waals surface area contributed by atoms with Gasteiger partial charge in [-0.05, 0) is 36.5 Å². The zero-order valence-electron chi connectivity index (χ0n) is 8.60. The van der Waals surface area contributed by atoms with E-state index in [0.717, 1.165) is 17.3 Å². The first-order chi connectivity index (χ1) is 5.82. The molecule has 0 nitrogen and oxygen atoms in total. The van der Waals surface area contributed by atoms with Gasteiger partial charge in [0, 0.05) is 0 Å². The van der Waals surface area contributed by atoms with Gasteiger partial charge in [-0.25, -0.2) is 0 Å². The van der Waals surface area contributed by atoms with Crippen molar-refractivity contribution >= 4 is 0 Å². The van der Waals surface area contributed by atoms with E-state index in [4.69, 9.17) is 0 Å². The van der Waals surface area contributed by atoms with Crippen molar-refractivity contribution in [3.8, 4) is 0 Å². The van der Waals surface area contributed by atoms with E-state index in [1.54, 1.807) is 19.3 Å². The molecule has 0 bridgehead atoms. The monoisotopic (exact) mass is 166 g/mol. The van der Waals surface area contributed by atoms with E-state index >= 15 is 0 Å². The third-order valence-corrected chi connectivity index (χ3v) is 4.87. The Morgan fingerprint density at radius 3 is 2.50 bits per heavy atom. The molecule has 0 radical (unpaired) electrons. The normalized spacial score (nSPS) is 38.5. The fraction of sp³-hybridized carbons (Fsp3) is 1.00. The van der Waals surface area contributed by atoms with Gasteiger partial charge in [-0.1, -0.05) is 39.5 Å². The molecular formula is C12H22. The third-order valence-electron chi connectivity index (χ3n) is 4.87. The summed E-state index contributed by atoms with van der Waals surface area (Å²) in [5, 5.41) is 0. The van der Waals surface area contributed by atoms with Crippen LogP contribution in [0.2, 0.25) is 0 Å². The standard InChI is InChI=1S/C12H22/c1-3-12(4-2)9-8-10-6-5-7-11(10)12/h10-11H,3-9H2,1-2H3. The van der Waals surface area contributed by atoms with Crippen LogP contribution in [0.3, 0.4) is 0 Å². The molecule has 0 aromatic carbocycles. The molecule has 2 saturated carbocycles. The van der Waals surface area contributed by atoms with Crippen LogP contribution in [0, 0.1) is 17.3 Å². The Hall–Kier alpha value is 0. The Bertz CT molecular complexity index is 155. The molecule has 0 heterocycles.